The van der Waals surface area contributed by atoms with Crippen molar-refractivity contribution in [1.82, 2.24) is 5.32 Å². The predicted molar refractivity (Wildman–Crippen MR) is 86.1 cm³/mol. The summed E-state index contributed by atoms with van der Waals surface area (Å²) in [5.41, 5.74) is 0.880. The van der Waals surface area contributed by atoms with Crippen molar-refractivity contribution in [3.63, 3.8) is 0 Å². The lowest BCUT2D eigenvalue weighted by molar-refractivity contribution is -0.123. The monoisotopic (exact) mass is 317 g/mol. The van der Waals surface area contributed by atoms with Crippen LogP contribution in [-0.2, 0) is 4.79 Å². The van der Waals surface area contributed by atoms with E-state index in [9.17, 15) is 9.90 Å². The standard InChI is InChI=1S/C17H19NO3S/c1-21-12-6-4-11(5-7-12)15(10-19)18-17(20)14-9-13(14)16-3-2-8-22-16/h2-8,13-15,19H,9-10H2,1H3,(H,18,20)/t13-,14-,15-/m0/s1. The zero-order valence-electron chi connectivity index (χ0n) is 12.4. The Morgan fingerprint density at radius 3 is 2.77 bits per heavy atom. The minimum atomic E-state index is -0.372. The van der Waals surface area contributed by atoms with Gasteiger partial charge in [-0.3, -0.25) is 4.79 Å². The summed E-state index contributed by atoms with van der Waals surface area (Å²) >= 11 is 1.70. The van der Waals surface area contributed by atoms with E-state index in [1.54, 1.807) is 18.4 Å². The number of rotatable bonds is 6. The van der Waals surface area contributed by atoms with Crippen LogP contribution in [0.25, 0.3) is 0 Å². The summed E-state index contributed by atoms with van der Waals surface area (Å²) in [6.07, 6.45) is 0.896. The summed E-state index contributed by atoms with van der Waals surface area (Å²) < 4.78 is 5.12. The number of amides is 1. The third kappa shape index (κ3) is 3.15. The Labute approximate surface area is 133 Å². The molecule has 116 valence electrons. The molecule has 3 rings (SSSR count). The number of carbonyl (C=O) groups is 1. The highest BCUT2D eigenvalue weighted by molar-refractivity contribution is 7.10. The average molecular weight is 317 g/mol. The van der Waals surface area contributed by atoms with E-state index in [0.29, 0.717) is 5.92 Å². The SMILES string of the molecule is COc1ccc([C@H](CO)NC(=O)[C@H]2C[C@@H]2c2cccs2)cc1. The second kappa shape index (κ2) is 6.50. The van der Waals surface area contributed by atoms with E-state index < -0.39 is 0 Å². The van der Waals surface area contributed by atoms with Crippen LogP contribution >= 0.6 is 11.3 Å². The predicted octanol–water partition coefficient (Wildman–Crippen LogP) is 2.71. The maximum absolute atomic E-state index is 12.3. The van der Waals surface area contributed by atoms with E-state index in [1.807, 2.05) is 35.7 Å². The second-order valence-electron chi connectivity index (χ2n) is 5.48. The fourth-order valence-electron chi connectivity index (χ4n) is 2.65. The fraction of sp³-hybridized carbons (Fsp3) is 0.353. The van der Waals surface area contributed by atoms with Crippen LogP contribution in [0, 0.1) is 5.92 Å². The lowest BCUT2D eigenvalue weighted by atomic mass is 10.1. The zero-order valence-corrected chi connectivity index (χ0v) is 13.2. The van der Waals surface area contributed by atoms with Crippen LogP contribution in [-0.4, -0.2) is 24.7 Å². The van der Waals surface area contributed by atoms with Crippen molar-refractivity contribution in [2.45, 2.75) is 18.4 Å². The number of hydrogen-bond acceptors (Lipinski definition) is 4. The highest BCUT2D eigenvalue weighted by Crippen LogP contribution is 2.49. The van der Waals surface area contributed by atoms with E-state index in [2.05, 4.69) is 11.4 Å². The topological polar surface area (TPSA) is 58.6 Å². The maximum atomic E-state index is 12.3. The van der Waals surface area contributed by atoms with Gasteiger partial charge in [0, 0.05) is 16.7 Å². The van der Waals surface area contributed by atoms with E-state index in [4.69, 9.17) is 4.74 Å². The molecule has 1 aliphatic rings. The normalized spacial score (nSPS) is 21.2. The molecule has 1 aromatic carbocycles. The number of hydrogen-bond donors (Lipinski definition) is 2. The van der Waals surface area contributed by atoms with Gasteiger partial charge in [-0.2, -0.15) is 0 Å². The molecule has 0 unspecified atom stereocenters. The molecule has 0 aliphatic heterocycles. The van der Waals surface area contributed by atoms with Gasteiger partial charge in [0.2, 0.25) is 5.91 Å². The lowest BCUT2D eigenvalue weighted by Gasteiger charge is -2.17. The highest BCUT2D eigenvalue weighted by atomic mass is 32.1. The van der Waals surface area contributed by atoms with Crippen molar-refractivity contribution in [3.05, 3.63) is 52.2 Å². The Bertz CT molecular complexity index is 624. The molecule has 3 atom stereocenters. The van der Waals surface area contributed by atoms with Gasteiger partial charge in [-0.15, -0.1) is 11.3 Å². The third-order valence-corrected chi connectivity index (χ3v) is 5.06. The van der Waals surface area contributed by atoms with Crippen molar-refractivity contribution in [3.8, 4) is 5.75 Å². The molecule has 1 aliphatic carbocycles. The van der Waals surface area contributed by atoms with Gasteiger partial charge in [0.25, 0.3) is 0 Å². The first-order valence-electron chi connectivity index (χ1n) is 7.31. The average Bonchev–Trinajstić information content (AvgIpc) is 3.18. The summed E-state index contributed by atoms with van der Waals surface area (Å²) in [7, 11) is 1.61. The summed E-state index contributed by atoms with van der Waals surface area (Å²) in [6, 6.07) is 11.1. The van der Waals surface area contributed by atoms with Crippen LogP contribution in [0.3, 0.4) is 0 Å². The van der Waals surface area contributed by atoms with Crippen LogP contribution in [0.15, 0.2) is 41.8 Å². The van der Waals surface area contributed by atoms with E-state index in [1.165, 1.54) is 4.88 Å². The van der Waals surface area contributed by atoms with Crippen LogP contribution in [0.1, 0.15) is 28.8 Å². The number of nitrogens with one attached hydrogen (secondary N) is 1. The Morgan fingerprint density at radius 2 is 2.18 bits per heavy atom. The van der Waals surface area contributed by atoms with Crippen molar-refractivity contribution in [2.75, 3.05) is 13.7 Å². The van der Waals surface area contributed by atoms with E-state index in [-0.39, 0.29) is 24.5 Å². The van der Waals surface area contributed by atoms with Gasteiger partial charge in [-0.1, -0.05) is 18.2 Å². The Morgan fingerprint density at radius 1 is 1.41 bits per heavy atom. The molecule has 0 radical (unpaired) electrons. The molecule has 4 nitrogen and oxygen atoms in total. The van der Waals surface area contributed by atoms with Crippen LogP contribution in [0.2, 0.25) is 0 Å². The highest BCUT2D eigenvalue weighted by Gasteiger charge is 2.44. The molecule has 1 fully saturated rings. The van der Waals surface area contributed by atoms with Crippen LogP contribution < -0.4 is 10.1 Å². The molecule has 1 saturated carbocycles. The molecule has 5 heteroatoms. The maximum Gasteiger partial charge on any atom is 0.224 e. The van der Waals surface area contributed by atoms with Gasteiger partial charge in [-0.05, 0) is 35.6 Å². The summed E-state index contributed by atoms with van der Waals surface area (Å²) in [6.45, 7) is -0.117. The molecule has 1 heterocycles. The van der Waals surface area contributed by atoms with Crippen molar-refractivity contribution in [2.24, 2.45) is 5.92 Å². The lowest BCUT2D eigenvalue weighted by Crippen LogP contribution is -2.32. The van der Waals surface area contributed by atoms with Crippen molar-refractivity contribution in [1.29, 1.82) is 0 Å². The second-order valence-corrected chi connectivity index (χ2v) is 6.46. The van der Waals surface area contributed by atoms with E-state index >= 15 is 0 Å². The molecule has 0 saturated heterocycles. The number of ether oxygens (including phenoxy) is 1. The summed E-state index contributed by atoms with van der Waals surface area (Å²) in [5, 5.41) is 14.6. The molecule has 2 N–H and O–H groups in total. The quantitative estimate of drug-likeness (QED) is 0.861. The molecule has 1 aromatic heterocycles. The van der Waals surface area contributed by atoms with E-state index in [0.717, 1.165) is 17.7 Å². The smallest absolute Gasteiger partial charge is 0.224 e. The number of aliphatic hydroxyl groups excluding tert-OH is 1. The molecule has 0 spiro atoms. The largest absolute Gasteiger partial charge is 0.497 e. The molecule has 0 bridgehead atoms. The zero-order chi connectivity index (χ0) is 15.5. The van der Waals surface area contributed by atoms with Gasteiger partial charge in [0.05, 0.1) is 19.8 Å². The summed E-state index contributed by atoms with van der Waals surface area (Å²) in [4.78, 5) is 13.6. The molecule has 1 amide bonds. The number of aliphatic hydroxyl groups is 1. The van der Waals surface area contributed by atoms with Gasteiger partial charge >= 0.3 is 0 Å². The van der Waals surface area contributed by atoms with Crippen LogP contribution in [0.5, 0.6) is 5.75 Å². The Kier molecular flexibility index (Phi) is 4.45. The van der Waals surface area contributed by atoms with Crippen molar-refractivity contribution < 1.29 is 14.6 Å². The summed E-state index contributed by atoms with van der Waals surface area (Å²) in [5.74, 6) is 1.15. The number of carbonyl (C=O) groups excluding carboxylic acids is 1. The first-order chi connectivity index (χ1) is 10.7. The molecule has 22 heavy (non-hydrogen) atoms. The van der Waals surface area contributed by atoms with Crippen LogP contribution in [0.4, 0.5) is 0 Å². The number of methoxy groups -OCH3 is 1. The fourth-order valence-corrected chi connectivity index (χ4v) is 3.56. The number of thiophene rings is 1. The molecule has 2 aromatic rings. The Hall–Kier alpha value is -1.85. The van der Waals surface area contributed by atoms with Gasteiger partial charge in [0.15, 0.2) is 0 Å². The Balaban J connectivity index is 1.62. The first-order valence-corrected chi connectivity index (χ1v) is 8.19. The van der Waals surface area contributed by atoms with Crippen molar-refractivity contribution >= 4 is 17.2 Å². The van der Waals surface area contributed by atoms with Gasteiger partial charge in [-0.25, -0.2) is 0 Å². The third-order valence-electron chi connectivity index (χ3n) is 4.05. The minimum Gasteiger partial charge on any atom is -0.497 e. The molecular weight excluding hydrogens is 298 g/mol. The first kappa shape index (κ1) is 15.1. The molecular formula is C17H19NO3S. The minimum absolute atomic E-state index is 0.0215. The van der Waals surface area contributed by atoms with Gasteiger partial charge < -0.3 is 15.2 Å². The van der Waals surface area contributed by atoms with Gasteiger partial charge in [0.1, 0.15) is 5.75 Å². The number of benzene rings is 1.